The Bertz CT molecular complexity index is 371. The molecule has 0 fully saturated rings. The summed E-state index contributed by atoms with van der Waals surface area (Å²) in [5, 5.41) is 0. The number of rotatable bonds is 6. The van der Waals surface area contributed by atoms with Crippen molar-refractivity contribution in [2.75, 3.05) is 20.1 Å². The Balaban J connectivity index is 2.61. The van der Waals surface area contributed by atoms with Crippen LogP contribution < -0.4 is 5.73 Å². The van der Waals surface area contributed by atoms with E-state index in [1.54, 1.807) is 0 Å². The summed E-state index contributed by atoms with van der Waals surface area (Å²) in [4.78, 5) is 2.40. The zero-order valence-electron chi connectivity index (χ0n) is 12.5. The van der Waals surface area contributed by atoms with Gasteiger partial charge in [0.05, 0.1) is 0 Å². The Morgan fingerprint density at radius 3 is 2.44 bits per heavy atom. The Labute approximate surface area is 112 Å². The number of hydrogen-bond acceptors (Lipinski definition) is 2. The minimum absolute atomic E-state index is 0.482. The summed E-state index contributed by atoms with van der Waals surface area (Å²) in [7, 11) is 2.18. The fourth-order valence-electron chi connectivity index (χ4n) is 2.49. The van der Waals surface area contributed by atoms with Gasteiger partial charge < -0.3 is 10.6 Å². The topological polar surface area (TPSA) is 29.3 Å². The Morgan fingerprint density at radius 2 is 1.89 bits per heavy atom. The van der Waals surface area contributed by atoms with Crippen molar-refractivity contribution in [3.8, 4) is 0 Å². The molecule has 0 saturated carbocycles. The van der Waals surface area contributed by atoms with Crippen LogP contribution in [0.4, 0.5) is 0 Å². The van der Waals surface area contributed by atoms with Gasteiger partial charge in [0.15, 0.2) is 0 Å². The lowest BCUT2D eigenvalue weighted by Crippen LogP contribution is -2.42. The highest BCUT2D eigenvalue weighted by atomic mass is 15.1. The van der Waals surface area contributed by atoms with E-state index in [1.165, 1.54) is 16.7 Å². The maximum Gasteiger partial charge on any atom is 0.0238 e. The molecule has 2 N–H and O–H groups in total. The van der Waals surface area contributed by atoms with Crippen LogP contribution in [0.25, 0.3) is 0 Å². The summed E-state index contributed by atoms with van der Waals surface area (Å²) in [6.45, 7) is 10.6. The van der Waals surface area contributed by atoms with Crippen LogP contribution in [0.2, 0.25) is 0 Å². The van der Waals surface area contributed by atoms with Gasteiger partial charge in [-0.3, -0.25) is 0 Å². The number of likely N-dealkylation sites (N-methyl/N-ethyl adjacent to an activating group) is 1. The minimum Gasteiger partial charge on any atom is -0.329 e. The monoisotopic (exact) mass is 248 g/mol. The lowest BCUT2D eigenvalue weighted by molar-refractivity contribution is 0.199. The second-order valence-corrected chi connectivity index (χ2v) is 5.71. The molecular weight excluding hydrogens is 220 g/mol. The minimum atomic E-state index is 0.482. The molecule has 1 aromatic rings. The lowest BCUT2D eigenvalue weighted by atomic mass is 10.0. The third-order valence-electron chi connectivity index (χ3n) is 3.82. The van der Waals surface area contributed by atoms with Gasteiger partial charge >= 0.3 is 0 Å². The van der Waals surface area contributed by atoms with Crippen LogP contribution in [-0.4, -0.2) is 31.1 Å². The van der Waals surface area contributed by atoms with Gasteiger partial charge in [-0.2, -0.15) is 0 Å². The molecule has 0 aliphatic heterocycles. The first-order chi connectivity index (χ1) is 8.45. The van der Waals surface area contributed by atoms with E-state index in [1.807, 2.05) is 0 Å². The maximum absolute atomic E-state index is 5.86. The van der Waals surface area contributed by atoms with Crippen molar-refractivity contribution in [1.82, 2.24) is 4.90 Å². The number of nitrogens with zero attached hydrogens (tertiary/aromatic N) is 1. The molecule has 1 rings (SSSR count). The van der Waals surface area contributed by atoms with Gasteiger partial charge in [0.1, 0.15) is 0 Å². The second-order valence-electron chi connectivity index (χ2n) is 5.71. The van der Waals surface area contributed by atoms with E-state index >= 15 is 0 Å². The van der Waals surface area contributed by atoms with Crippen LogP contribution >= 0.6 is 0 Å². The normalized spacial score (nSPS) is 13.3. The summed E-state index contributed by atoms with van der Waals surface area (Å²) in [6, 6.07) is 7.18. The van der Waals surface area contributed by atoms with Gasteiger partial charge in [-0.1, -0.05) is 37.6 Å². The van der Waals surface area contributed by atoms with E-state index in [2.05, 4.69) is 57.8 Å². The molecule has 0 spiro atoms. The lowest BCUT2D eigenvalue weighted by Gasteiger charge is -2.30. The predicted molar refractivity (Wildman–Crippen MR) is 79.9 cm³/mol. The zero-order valence-corrected chi connectivity index (χ0v) is 12.5. The molecule has 18 heavy (non-hydrogen) atoms. The van der Waals surface area contributed by atoms with Gasteiger partial charge in [-0.05, 0) is 44.4 Å². The average Bonchev–Trinajstić information content (AvgIpc) is 2.30. The van der Waals surface area contributed by atoms with E-state index in [0.29, 0.717) is 12.0 Å². The molecule has 0 bridgehead atoms. The molecule has 1 atom stereocenters. The van der Waals surface area contributed by atoms with Crippen molar-refractivity contribution in [2.45, 2.75) is 40.2 Å². The van der Waals surface area contributed by atoms with Crippen molar-refractivity contribution in [1.29, 1.82) is 0 Å². The maximum atomic E-state index is 5.86. The van der Waals surface area contributed by atoms with Crippen LogP contribution in [0.5, 0.6) is 0 Å². The molecular formula is C16H28N2. The molecule has 2 heteroatoms. The van der Waals surface area contributed by atoms with Crippen LogP contribution in [0.1, 0.15) is 30.5 Å². The van der Waals surface area contributed by atoms with Crippen molar-refractivity contribution in [2.24, 2.45) is 11.7 Å². The summed E-state index contributed by atoms with van der Waals surface area (Å²) >= 11 is 0. The van der Waals surface area contributed by atoms with Crippen molar-refractivity contribution >= 4 is 0 Å². The first-order valence-electron chi connectivity index (χ1n) is 6.92. The van der Waals surface area contributed by atoms with Gasteiger partial charge in [0.2, 0.25) is 0 Å². The Kier molecular flexibility index (Phi) is 5.83. The molecule has 0 amide bonds. The largest absolute Gasteiger partial charge is 0.329 e. The quantitative estimate of drug-likeness (QED) is 0.839. The molecule has 1 aromatic carbocycles. The van der Waals surface area contributed by atoms with E-state index in [-0.39, 0.29) is 0 Å². The van der Waals surface area contributed by atoms with Gasteiger partial charge in [-0.25, -0.2) is 0 Å². The fraction of sp³-hybridized carbons (Fsp3) is 0.625. The number of hydrogen-bond donors (Lipinski definition) is 1. The van der Waals surface area contributed by atoms with Crippen molar-refractivity contribution in [3.63, 3.8) is 0 Å². The van der Waals surface area contributed by atoms with Crippen LogP contribution in [0.3, 0.4) is 0 Å². The van der Waals surface area contributed by atoms with Crippen LogP contribution in [0.15, 0.2) is 18.2 Å². The molecule has 0 heterocycles. The molecule has 0 aromatic heterocycles. The smallest absolute Gasteiger partial charge is 0.0238 e. The molecule has 0 aliphatic carbocycles. The number of nitrogens with two attached hydrogens (primary N) is 1. The standard InChI is InChI=1S/C16H28N2/c1-12(2)16(11-17)18(5)9-8-15-10-13(3)6-7-14(15)4/h6-7,10,12,16H,8-9,11,17H2,1-5H3. The van der Waals surface area contributed by atoms with Crippen LogP contribution in [-0.2, 0) is 6.42 Å². The first-order valence-corrected chi connectivity index (χ1v) is 6.92. The number of aryl methyl sites for hydroxylation is 2. The van der Waals surface area contributed by atoms with E-state index in [4.69, 9.17) is 5.73 Å². The number of benzene rings is 1. The van der Waals surface area contributed by atoms with Gasteiger partial charge in [-0.15, -0.1) is 0 Å². The van der Waals surface area contributed by atoms with Crippen LogP contribution in [0, 0.1) is 19.8 Å². The highest BCUT2D eigenvalue weighted by Crippen LogP contribution is 2.13. The third-order valence-corrected chi connectivity index (χ3v) is 3.82. The molecule has 0 radical (unpaired) electrons. The van der Waals surface area contributed by atoms with Crippen molar-refractivity contribution < 1.29 is 0 Å². The zero-order chi connectivity index (χ0) is 13.7. The Morgan fingerprint density at radius 1 is 1.22 bits per heavy atom. The van der Waals surface area contributed by atoms with E-state index in [9.17, 15) is 0 Å². The average molecular weight is 248 g/mol. The SMILES string of the molecule is Cc1ccc(C)c(CCN(C)C(CN)C(C)C)c1. The van der Waals surface area contributed by atoms with E-state index in [0.717, 1.165) is 19.5 Å². The summed E-state index contributed by atoms with van der Waals surface area (Å²) < 4.78 is 0. The molecule has 0 aliphatic rings. The van der Waals surface area contributed by atoms with Gasteiger partial charge in [0.25, 0.3) is 0 Å². The summed E-state index contributed by atoms with van der Waals surface area (Å²) in [5.74, 6) is 0.610. The highest BCUT2D eigenvalue weighted by Gasteiger charge is 2.16. The molecule has 1 unspecified atom stereocenters. The molecule has 102 valence electrons. The van der Waals surface area contributed by atoms with Crippen molar-refractivity contribution in [3.05, 3.63) is 34.9 Å². The third kappa shape index (κ3) is 4.11. The molecule has 0 saturated heterocycles. The summed E-state index contributed by atoms with van der Waals surface area (Å²) in [5.41, 5.74) is 10.1. The molecule has 2 nitrogen and oxygen atoms in total. The summed E-state index contributed by atoms with van der Waals surface area (Å²) in [6.07, 6.45) is 1.10. The Hall–Kier alpha value is -0.860. The first kappa shape index (κ1) is 15.2. The highest BCUT2D eigenvalue weighted by molar-refractivity contribution is 5.30. The predicted octanol–water partition coefficient (Wildman–Crippen LogP) is 2.76. The van der Waals surface area contributed by atoms with Gasteiger partial charge in [0, 0.05) is 19.1 Å². The second kappa shape index (κ2) is 6.91. The van der Waals surface area contributed by atoms with E-state index < -0.39 is 0 Å². The fourth-order valence-corrected chi connectivity index (χ4v) is 2.49.